The van der Waals surface area contributed by atoms with E-state index in [2.05, 4.69) is 62.2 Å². The first kappa shape index (κ1) is 14.7. The van der Waals surface area contributed by atoms with E-state index in [1.54, 1.807) is 11.3 Å². The highest BCUT2D eigenvalue weighted by Gasteiger charge is 2.23. The molecule has 6 heteroatoms. The van der Waals surface area contributed by atoms with E-state index in [1.165, 1.54) is 0 Å². The molecular weight excluding hydrogens is 324 g/mol. The SMILES string of the molecule is CCCNC(c1cscn1)c1c(Br)cnn1C(C)C. The van der Waals surface area contributed by atoms with Crippen molar-refractivity contribution in [2.75, 3.05) is 6.54 Å². The molecule has 4 nitrogen and oxygen atoms in total. The second kappa shape index (κ2) is 6.63. The van der Waals surface area contributed by atoms with E-state index in [9.17, 15) is 0 Å². The topological polar surface area (TPSA) is 42.7 Å². The standard InChI is InChI=1S/C13H19BrN4S/c1-4-5-15-12(11-7-19-8-16-11)13-10(14)6-17-18(13)9(2)3/h6-9,12,15H,4-5H2,1-3H3. The fourth-order valence-corrected chi connectivity index (χ4v) is 3.11. The molecule has 2 heterocycles. The summed E-state index contributed by atoms with van der Waals surface area (Å²) in [5.74, 6) is 0. The zero-order valence-corrected chi connectivity index (χ0v) is 13.8. The van der Waals surface area contributed by atoms with Gasteiger partial charge in [0.2, 0.25) is 0 Å². The van der Waals surface area contributed by atoms with Gasteiger partial charge in [-0.2, -0.15) is 5.10 Å². The maximum absolute atomic E-state index is 4.46. The van der Waals surface area contributed by atoms with Crippen LogP contribution in [0.4, 0.5) is 0 Å². The van der Waals surface area contributed by atoms with Gasteiger partial charge in [0.1, 0.15) is 0 Å². The Labute approximate surface area is 126 Å². The molecule has 1 unspecified atom stereocenters. The Morgan fingerprint density at radius 1 is 1.47 bits per heavy atom. The van der Waals surface area contributed by atoms with Crippen molar-refractivity contribution in [3.8, 4) is 0 Å². The first-order valence-electron chi connectivity index (χ1n) is 6.49. The molecule has 2 aromatic rings. The van der Waals surface area contributed by atoms with Gasteiger partial charge in [-0.1, -0.05) is 6.92 Å². The second-order valence-corrected chi connectivity index (χ2v) is 6.29. The van der Waals surface area contributed by atoms with Crippen molar-refractivity contribution >= 4 is 27.3 Å². The van der Waals surface area contributed by atoms with Crippen LogP contribution in [-0.2, 0) is 0 Å². The Bertz CT molecular complexity index is 507. The Balaban J connectivity index is 2.40. The van der Waals surface area contributed by atoms with Gasteiger partial charge in [-0.3, -0.25) is 4.68 Å². The van der Waals surface area contributed by atoms with Gasteiger partial charge >= 0.3 is 0 Å². The van der Waals surface area contributed by atoms with Crippen LogP contribution in [0.25, 0.3) is 0 Å². The van der Waals surface area contributed by atoms with Gasteiger partial charge in [-0.15, -0.1) is 11.3 Å². The number of hydrogen-bond donors (Lipinski definition) is 1. The van der Waals surface area contributed by atoms with Crippen molar-refractivity contribution in [2.24, 2.45) is 0 Å². The summed E-state index contributed by atoms with van der Waals surface area (Å²) in [5, 5.41) is 10.1. The molecule has 0 saturated heterocycles. The maximum Gasteiger partial charge on any atom is 0.0942 e. The molecular formula is C13H19BrN4S. The van der Waals surface area contributed by atoms with E-state index in [1.807, 2.05) is 11.7 Å². The minimum Gasteiger partial charge on any atom is -0.304 e. The molecule has 1 N–H and O–H groups in total. The van der Waals surface area contributed by atoms with Crippen LogP contribution < -0.4 is 5.32 Å². The molecule has 0 spiro atoms. The summed E-state index contributed by atoms with van der Waals surface area (Å²) in [5.41, 5.74) is 4.08. The summed E-state index contributed by atoms with van der Waals surface area (Å²) in [6, 6.07) is 0.413. The van der Waals surface area contributed by atoms with E-state index >= 15 is 0 Å². The molecule has 0 aliphatic rings. The van der Waals surface area contributed by atoms with Gasteiger partial charge in [0.15, 0.2) is 0 Å². The first-order chi connectivity index (χ1) is 9.15. The first-order valence-corrected chi connectivity index (χ1v) is 8.23. The molecule has 0 aromatic carbocycles. The molecule has 2 rings (SSSR count). The van der Waals surface area contributed by atoms with E-state index < -0.39 is 0 Å². The molecule has 1 atom stereocenters. The average molecular weight is 343 g/mol. The molecule has 19 heavy (non-hydrogen) atoms. The van der Waals surface area contributed by atoms with Crippen molar-refractivity contribution in [1.82, 2.24) is 20.1 Å². The minimum absolute atomic E-state index is 0.0884. The van der Waals surface area contributed by atoms with Gasteiger partial charge in [0.05, 0.1) is 33.6 Å². The molecule has 0 aliphatic carbocycles. The van der Waals surface area contributed by atoms with Crippen molar-refractivity contribution in [2.45, 2.75) is 39.3 Å². The van der Waals surface area contributed by atoms with E-state index in [-0.39, 0.29) is 6.04 Å². The molecule has 0 fully saturated rings. The molecule has 2 aromatic heterocycles. The van der Waals surface area contributed by atoms with Crippen LogP contribution in [0.2, 0.25) is 0 Å². The van der Waals surface area contributed by atoms with Crippen LogP contribution in [0.15, 0.2) is 21.6 Å². The Morgan fingerprint density at radius 3 is 2.84 bits per heavy atom. The molecule has 0 aliphatic heterocycles. The smallest absolute Gasteiger partial charge is 0.0942 e. The quantitative estimate of drug-likeness (QED) is 0.868. The third-order valence-corrected chi connectivity index (χ3v) is 4.11. The highest BCUT2D eigenvalue weighted by atomic mass is 79.9. The Hall–Kier alpha value is -0.720. The third kappa shape index (κ3) is 3.24. The predicted molar refractivity (Wildman–Crippen MR) is 82.6 cm³/mol. The van der Waals surface area contributed by atoms with Crippen LogP contribution in [0, 0.1) is 0 Å². The molecule has 0 radical (unpaired) electrons. The van der Waals surface area contributed by atoms with Crippen LogP contribution in [0.1, 0.15) is 50.7 Å². The zero-order chi connectivity index (χ0) is 13.8. The van der Waals surface area contributed by atoms with E-state index in [4.69, 9.17) is 0 Å². The zero-order valence-electron chi connectivity index (χ0n) is 11.4. The van der Waals surface area contributed by atoms with Crippen LogP contribution in [0.3, 0.4) is 0 Å². The summed E-state index contributed by atoms with van der Waals surface area (Å²) >= 11 is 5.24. The fourth-order valence-electron chi connectivity index (χ4n) is 2.03. The van der Waals surface area contributed by atoms with Gasteiger partial charge in [-0.05, 0) is 42.7 Å². The molecule has 0 bridgehead atoms. The minimum atomic E-state index is 0.0884. The van der Waals surface area contributed by atoms with Crippen LogP contribution in [-0.4, -0.2) is 21.3 Å². The van der Waals surface area contributed by atoms with Crippen molar-refractivity contribution < 1.29 is 0 Å². The summed E-state index contributed by atoms with van der Waals surface area (Å²) in [6.07, 6.45) is 2.95. The lowest BCUT2D eigenvalue weighted by atomic mass is 10.1. The van der Waals surface area contributed by atoms with Crippen molar-refractivity contribution in [3.05, 3.63) is 32.9 Å². The molecule has 0 saturated carbocycles. The third-order valence-electron chi connectivity index (χ3n) is 2.90. The summed E-state index contributed by atoms with van der Waals surface area (Å²) in [6.45, 7) is 7.40. The lowest BCUT2D eigenvalue weighted by molar-refractivity contribution is 0.467. The van der Waals surface area contributed by atoms with Crippen molar-refractivity contribution in [3.63, 3.8) is 0 Å². The fraction of sp³-hybridized carbons (Fsp3) is 0.538. The predicted octanol–water partition coefficient (Wildman–Crippen LogP) is 3.77. The summed E-state index contributed by atoms with van der Waals surface area (Å²) in [7, 11) is 0. The van der Waals surface area contributed by atoms with E-state index in [0.717, 1.165) is 28.8 Å². The van der Waals surface area contributed by atoms with Gasteiger partial charge in [0, 0.05) is 11.4 Å². The largest absolute Gasteiger partial charge is 0.304 e. The Kier molecular flexibility index (Phi) is 5.13. The van der Waals surface area contributed by atoms with Crippen molar-refractivity contribution in [1.29, 1.82) is 0 Å². The number of hydrogen-bond acceptors (Lipinski definition) is 4. The number of nitrogens with zero attached hydrogens (tertiary/aromatic N) is 3. The van der Waals surface area contributed by atoms with Gasteiger partial charge in [0.25, 0.3) is 0 Å². The molecule has 0 amide bonds. The van der Waals surface area contributed by atoms with Gasteiger partial charge < -0.3 is 5.32 Å². The Morgan fingerprint density at radius 2 is 2.26 bits per heavy atom. The molecule has 104 valence electrons. The number of halogens is 1. The normalized spacial score (nSPS) is 13.1. The van der Waals surface area contributed by atoms with E-state index in [0.29, 0.717) is 6.04 Å². The van der Waals surface area contributed by atoms with Gasteiger partial charge in [-0.25, -0.2) is 4.98 Å². The number of aromatic nitrogens is 3. The summed E-state index contributed by atoms with van der Waals surface area (Å²) in [4.78, 5) is 4.46. The number of thiazole rings is 1. The summed E-state index contributed by atoms with van der Waals surface area (Å²) < 4.78 is 3.08. The highest BCUT2D eigenvalue weighted by Crippen LogP contribution is 2.30. The highest BCUT2D eigenvalue weighted by molar-refractivity contribution is 9.10. The number of rotatable bonds is 6. The lowest BCUT2D eigenvalue weighted by Crippen LogP contribution is -2.27. The average Bonchev–Trinajstić information content (AvgIpc) is 3.01. The maximum atomic E-state index is 4.46. The monoisotopic (exact) mass is 342 g/mol. The lowest BCUT2D eigenvalue weighted by Gasteiger charge is -2.20. The van der Waals surface area contributed by atoms with Crippen LogP contribution >= 0.6 is 27.3 Å². The number of nitrogens with one attached hydrogen (secondary N) is 1. The van der Waals surface area contributed by atoms with Crippen LogP contribution in [0.5, 0.6) is 0 Å². The second-order valence-electron chi connectivity index (χ2n) is 4.72.